The second-order valence-corrected chi connectivity index (χ2v) is 19.8. The van der Waals surface area contributed by atoms with E-state index in [0.29, 0.717) is 19.3 Å². The van der Waals surface area contributed by atoms with E-state index >= 15 is 0 Å². The molecule has 0 aliphatic heterocycles. The zero-order valence-electron chi connectivity index (χ0n) is 43.0. The minimum atomic E-state index is -0.761. The van der Waals surface area contributed by atoms with E-state index in [1.54, 1.807) is 0 Å². The number of esters is 3. The van der Waals surface area contributed by atoms with Crippen LogP contribution < -0.4 is 0 Å². The van der Waals surface area contributed by atoms with E-state index < -0.39 is 6.10 Å². The predicted molar refractivity (Wildman–Crippen MR) is 270 cm³/mol. The van der Waals surface area contributed by atoms with Crippen molar-refractivity contribution in [2.24, 2.45) is 5.92 Å². The third-order valence-electron chi connectivity index (χ3n) is 13.4. The largest absolute Gasteiger partial charge is 0.462 e. The molecule has 0 fully saturated rings. The fourth-order valence-corrected chi connectivity index (χ4v) is 8.72. The molecule has 0 aliphatic carbocycles. The lowest BCUT2D eigenvalue weighted by Gasteiger charge is -2.18. The van der Waals surface area contributed by atoms with Gasteiger partial charge in [-0.1, -0.05) is 285 Å². The minimum Gasteiger partial charge on any atom is -0.462 e. The van der Waals surface area contributed by atoms with Crippen LogP contribution in [0.25, 0.3) is 0 Å². The lowest BCUT2D eigenvalue weighted by Crippen LogP contribution is -2.30. The Morgan fingerprint density at radius 1 is 0.317 bits per heavy atom. The zero-order valence-corrected chi connectivity index (χ0v) is 43.0. The van der Waals surface area contributed by atoms with Crippen molar-refractivity contribution >= 4 is 17.9 Å². The fraction of sp³-hybridized carbons (Fsp3) is 0.947. The Hall–Kier alpha value is -1.59. The summed E-state index contributed by atoms with van der Waals surface area (Å²) in [5, 5.41) is 0. The Balaban J connectivity index is 4.27. The average molecular weight is 892 g/mol. The van der Waals surface area contributed by atoms with Gasteiger partial charge >= 0.3 is 17.9 Å². The van der Waals surface area contributed by atoms with Gasteiger partial charge in [0.15, 0.2) is 6.10 Å². The first-order valence-electron chi connectivity index (χ1n) is 28.4. The highest BCUT2D eigenvalue weighted by atomic mass is 16.6. The van der Waals surface area contributed by atoms with E-state index in [2.05, 4.69) is 27.7 Å². The summed E-state index contributed by atoms with van der Waals surface area (Å²) in [6.07, 6.45) is 55.1. The van der Waals surface area contributed by atoms with Crippen LogP contribution >= 0.6 is 0 Å². The molecule has 374 valence electrons. The summed E-state index contributed by atoms with van der Waals surface area (Å²) in [5.74, 6) is 0.0569. The van der Waals surface area contributed by atoms with Crippen LogP contribution in [-0.2, 0) is 28.6 Å². The second kappa shape index (κ2) is 51.4. The molecule has 0 saturated heterocycles. The Kier molecular flexibility index (Phi) is 50.1. The first kappa shape index (κ1) is 61.4. The van der Waals surface area contributed by atoms with Crippen molar-refractivity contribution in [1.29, 1.82) is 0 Å². The highest BCUT2D eigenvalue weighted by molar-refractivity contribution is 5.71. The molecule has 0 amide bonds. The van der Waals surface area contributed by atoms with Gasteiger partial charge in [-0.3, -0.25) is 14.4 Å². The van der Waals surface area contributed by atoms with Crippen LogP contribution in [0, 0.1) is 5.92 Å². The molecule has 0 saturated carbocycles. The standard InChI is InChI=1S/C57H110O6/c1-5-8-10-12-14-16-18-19-20-21-25-29-33-37-41-45-49-56(59)62-52-54(51-61-55(58)48-44-40-36-32-27-17-15-13-11-9-6-2)63-57(60)50-46-42-38-34-30-26-23-22-24-28-31-35-39-43-47-53(4)7-3/h53-54H,5-52H2,1-4H3/t53?,54-/m1/s1. The van der Waals surface area contributed by atoms with Crippen molar-refractivity contribution in [2.75, 3.05) is 13.2 Å². The summed E-state index contributed by atoms with van der Waals surface area (Å²) >= 11 is 0. The number of carbonyl (C=O) groups excluding carboxylic acids is 3. The molecule has 6 nitrogen and oxygen atoms in total. The third kappa shape index (κ3) is 49.7. The number of ether oxygens (including phenoxy) is 3. The molecule has 0 aromatic carbocycles. The lowest BCUT2D eigenvalue weighted by molar-refractivity contribution is -0.167. The Morgan fingerprint density at radius 2 is 0.556 bits per heavy atom. The fourth-order valence-electron chi connectivity index (χ4n) is 8.72. The monoisotopic (exact) mass is 891 g/mol. The van der Waals surface area contributed by atoms with Crippen molar-refractivity contribution in [3.8, 4) is 0 Å². The van der Waals surface area contributed by atoms with Gasteiger partial charge < -0.3 is 14.2 Å². The summed E-state index contributed by atoms with van der Waals surface area (Å²) < 4.78 is 16.9. The van der Waals surface area contributed by atoms with E-state index in [-0.39, 0.29) is 31.1 Å². The van der Waals surface area contributed by atoms with Crippen LogP contribution in [-0.4, -0.2) is 37.2 Å². The first-order valence-corrected chi connectivity index (χ1v) is 28.4. The van der Waals surface area contributed by atoms with Gasteiger partial charge in [-0.05, 0) is 25.2 Å². The molecule has 0 heterocycles. The van der Waals surface area contributed by atoms with Crippen molar-refractivity contribution in [3.63, 3.8) is 0 Å². The van der Waals surface area contributed by atoms with Crippen LogP contribution in [0.4, 0.5) is 0 Å². The van der Waals surface area contributed by atoms with Crippen molar-refractivity contribution in [1.82, 2.24) is 0 Å². The molecule has 0 N–H and O–H groups in total. The molecule has 0 aromatic heterocycles. The smallest absolute Gasteiger partial charge is 0.306 e. The molecule has 0 bridgehead atoms. The maximum atomic E-state index is 12.8. The number of rotatable bonds is 52. The summed E-state index contributed by atoms with van der Waals surface area (Å²) in [7, 11) is 0. The van der Waals surface area contributed by atoms with Gasteiger partial charge in [0, 0.05) is 19.3 Å². The average Bonchev–Trinajstić information content (AvgIpc) is 3.28. The number of hydrogen-bond donors (Lipinski definition) is 0. The van der Waals surface area contributed by atoms with E-state index in [4.69, 9.17) is 14.2 Å². The topological polar surface area (TPSA) is 78.9 Å². The van der Waals surface area contributed by atoms with Crippen molar-refractivity contribution in [2.45, 2.75) is 329 Å². The first-order chi connectivity index (χ1) is 30.9. The molecule has 63 heavy (non-hydrogen) atoms. The molecule has 6 heteroatoms. The lowest BCUT2D eigenvalue weighted by atomic mass is 9.99. The molecule has 0 radical (unpaired) electrons. The van der Waals surface area contributed by atoms with Crippen LogP contribution in [0.5, 0.6) is 0 Å². The predicted octanol–water partition coefficient (Wildman–Crippen LogP) is 18.6. The van der Waals surface area contributed by atoms with Gasteiger partial charge in [0.25, 0.3) is 0 Å². The molecule has 2 atom stereocenters. The van der Waals surface area contributed by atoms with Crippen LogP contribution in [0.15, 0.2) is 0 Å². The maximum absolute atomic E-state index is 12.8. The molecular weight excluding hydrogens is 781 g/mol. The summed E-state index contributed by atoms with van der Waals surface area (Å²) in [6.45, 7) is 9.09. The van der Waals surface area contributed by atoms with E-state index in [0.717, 1.165) is 63.7 Å². The minimum absolute atomic E-state index is 0.0620. The Labute approximate surface area is 393 Å². The van der Waals surface area contributed by atoms with Gasteiger partial charge in [0.2, 0.25) is 0 Å². The van der Waals surface area contributed by atoms with E-state index in [9.17, 15) is 14.4 Å². The molecule has 1 unspecified atom stereocenters. The van der Waals surface area contributed by atoms with E-state index in [1.165, 1.54) is 218 Å². The molecular formula is C57H110O6. The SMILES string of the molecule is CCCCCCCCCCCCCCCCCCC(=O)OC[C@@H](COC(=O)CCCCCCCCCCCCC)OC(=O)CCCCCCCCCCCCCCCCC(C)CC. The van der Waals surface area contributed by atoms with Crippen molar-refractivity contribution < 1.29 is 28.6 Å². The third-order valence-corrected chi connectivity index (χ3v) is 13.4. The van der Waals surface area contributed by atoms with Crippen LogP contribution in [0.3, 0.4) is 0 Å². The molecule has 0 aromatic rings. The molecule has 0 spiro atoms. The summed E-state index contributed by atoms with van der Waals surface area (Å²) in [6, 6.07) is 0. The van der Waals surface area contributed by atoms with Gasteiger partial charge in [-0.15, -0.1) is 0 Å². The van der Waals surface area contributed by atoms with E-state index in [1.807, 2.05) is 0 Å². The highest BCUT2D eigenvalue weighted by Gasteiger charge is 2.19. The second-order valence-electron chi connectivity index (χ2n) is 19.8. The Bertz CT molecular complexity index is 951. The van der Waals surface area contributed by atoms with Crippen LogP contribution in [0.1, 0.15) is 323 Å². The number of carbonyl (C=O) groups is 3. The van der Waals surface area contributed by atoms with Gasteiger partial charge in [-0.25, -0.2) is 0 Å². The molecule has 0 aliphatic rings. The summed E-state index contributed by atoms with van der Waals surface area (Å²) in [5.41, 5.74) is 0. The van der Waals surface area contributed by atoms with Gasteiger partial charge in [0.05, 0.1) is 0 Å². The Morgan fingerprint density at radius 3 is 0.825 bits per heavy atom. The van der Waals surface area contributed by atoms with Crippen LogP contribution in [0.2, 0.25) is 0 Å². The quantitative estimate of drug-likeness (QED) is 0.0344. The number of unbranched alkanes of at least 4 members (excludes halogenated alkanes) is 38. The number of hydrogen-bond acceptors (Lipinski definition) is 6. The van der Waals surface area contributed by atoms with Crippen molar-refractivity contribution in [3.05, 3.63) is 0 Å². The normalized spacial score (nSPS) is 12.4. The van der Waals surface area contributed by atoms with Gasteiger partial charge in [0.1, 0.15) is 13.2 Å². The summed E-state index contributed by atoms with van der Waals surface area (Å²) in [4.78, 5) is 38.1. The molecule has 0 rings (SSSR count). The van der Waals surface area contributed by atoms with Gasteiger partial charge in [-0.2, -0.15) is 0 Å². The maximum Gasteiger partial charge on any atom is 0.306 e. The highest BCUT2D eigenvalue weighted by Crippen LogP contribution is 2.18. The zero-order chi connectivity index (χ0) is 45.9.